The molecule has 2 atom stereocenters. The number of rotatable bonds is 6. The molecule has 3 heterocycles. The molecule has 2 unspecified atom stereocenters. The third-order valence-corrected chi connectivity index (χ3v) is 5.71. The highest BCUT2D eigenvalue weighted by Crippen LogP contribution is 2.20. The summed E-state index contributed by atoms with van der Waals surface area (Å²) in [6, 6.07) is 6.02. The average molecular weight is 473 g/mol. The van der Waals surface area contributed by atoms with Crippen LogP contribution in [0.1, 0.15) is 42.9 Å². The number of aliphatic hydroxyl groups is 1. The molecule has 0 spiro atoms. The van der Waals surface area contributed by atoms with Gasteiger partial charge in [-0.1, -0.05) is 19.1 Å². The summed E-state index contributed by atoms with van der Waals surface area (Å²) in [5.74, 6) is -1.00. The molecule has 4 rings (SSSR count). The summed E-state index contributed by atoms with van der Waals surface area (Å²) in [5.41, 5.74) is 2.74. The van der Waals surface area contributed by atoms with E-state index in [1.165, 1.54) is 6.07 Å². The van der Waals surface area contributed by atoms with Gasteiger partial charge in [0.1, 0.15) is 0 Å². The Morgan fingerprint density at radius 1 is 1.21 bits per heavy atom. The van der Waals surface area contributed by atoms with Gasteiger partial charge in [-0.25, -0.2) is 4.39 Å². The van der Waals surface area contributed by atoms with Crippen LogP contribution in [0.5, 0.6) is 5.75 Å². The molecule has 2 aliphatic heterocycles. The van der Waals surface area contributed by atoms with E-state index in [0.29, 0.717) is 31.6 Å². The first kappa shape index (κ1) is 25.6. The molecule has 2 aromatic rings. The van der Waals surface area contributed by atoms with Crippen LogP contribution in [0.15, 0.2) is 36.7 Å². The smallest absolute Gasteiger partial charge is 0.239 e. The molecule has 0 saturated carbocycles. The summed E-state index contributed by atoms with van der Waals surface area (Å²) in [7, 11) is 0. The summed E-state index contributed by atoms with van der Waals surface area (Å²) < 4.78 is 20.0. The number of ether oxygens (including phenoxy) is 1. The van der Waals surface area contributed by atoms with Gasteiger partial charge in [-0.2, -0.15) is 0 Å². The van der Waals surface area contributed by atoms with Crippen molar-refractivity contribution in [1.82, 2.24) is 20.9 Å². The van der Waals surface area contributed by atoms with Crippen LogP contribution in [-0.2, 0) is 29.0 Å². The van der Waals surface area contributed by atoms with Crippen molar-refractivity contribution in [3.05, 3.63) is 59.2 Å². The lowest BCUT2D eigenvalue weighted by Gasteiger charge is -2.25. The number of carbonyl (C=O) groups excluding carboxylic acids is 2. The monoisotopic (exact) mass is 472 g/mol. The Kier molecular flexibility index (Phi) is 9.78. The number of hydrogen-bond donors (Lipinski definition) is 4. The number of fused-ring (bicyclic) bond motifs is 13. The summed E-state index contributed by atoms with van der Waals surface area (Å²) in [6.45, 7) is 2.89. The fourth-order valence-corrected chi connectivity index (χ4v) is 3.76. The Morgan fingerprint density at radius 2 is 2.03 bits per heavy atom. The molecule has 1 aromatic heterocycles. The van der Waals surface area contributed by atoms with Crippen molar-refractivity contribution in [3.8, 4) is 5.75 Å². The van der Waals surface area contributed by atoms with Gasteiger partial charge in [-0.3, -0.25) is 14.6 Å². The van der Waals surface area contributed by atoms with Crippen molar-refractivity contribution in [3.63, 3.8) is 0 Å². The van der Waals surface area contributed by atoms with E-state index < -0.39 is 23.9 Å². The SMILES string of the molecule is CCc1cncc(CNCC(O)C2Cc3ccc(c(F)c3)OCCCCC(=O)NCC(=O)N2)c1. The summed E-state index contributed by atoms with van der Waals surface area (Å²) in [4.78, 5) is 28.6. The maximum atomic E-state index is 14.5. The van der Waals surface area contributed by atoms with E-state index >= 15 is 0 Å². The minimum atomic E-state index is -0.945. The molecular weight excluding hydrogens is 439 g/mol. The second kappa shape index (κ2) is 13.0. The summed E-state index contributed by atoms with van der Waals surface area (Å²) in [5, 5.41) is 19.4. The molecule has 4 N–H and O–H groups in total. The molecule has 184 valence electrons. The highest BCUT2D eigenvalue weighted by Gasteiger charge is 2.23. The lowest BCUT2D eigenvalue weighted by Crippen LogP contribution is -2.51. The minimum Gasteiger partial charge on any atom is -0.491 e. The second-order valence-corrected chi connectivity index (χ2v) is 8.48. The first-order chi connectivity index (χ1) is 16.4. The molecule has 2 aliphatic rings. The normalized spacial score (nSPS) is 18.6. The van der Waals surface area contributed by atoms with Gasteiger partial charge in [-0.15, -0.1) is 0 Å². The predicted octanol–water partition coefficient (Wildman–Crippen LogP) is 1.64. The van der Waals surface area contributed by atoms with Crippen LogP contribution in [0, 0.1) is 5.82 Å². The Labute approximate surface area is 199 Å². The first-order valence-electron chi connectivity index (χ1n) is 11.7. The van der Waals surface area contributed by atoms with Crippen LogP contribution in [0.2, 0.25) is 0 Å². The van der Waals surface area contributed by atoms with Crippen molar-refractivity contribution in [2.24, 2.45) is 0 Å². The zero-order valence-electron chi connectivity index (χ0n) is 19.5. The zero-order valence-corrected chi connectivity index (χ0v) is 19.5. The minimum absolute atomic E-state index is 0.144. The molecule has 1 aromatic carbocycles. The van der Waals surface area contributed by atoms with Gasteiger partial charge >= 0.3 is 0 Å². The molecule has 0 radical (unpaired) electrons. The van der Waals surface area contributed by atoms with Crippen LogP contribution in [-0.4, -0.2) is 53.7 Å². The molecule has 9 heteroatoms. The van der Waals surface area contributed by atoms with Crippen LogP contribution in [0.4, 0.5) is 4.39 Å². The van der Waals surface area contributed by atoms with Crippen molar-refractivity contribution in [2.75, 3.05) is 19.7 Å². The number of carbonyl (C=O) groups is 2. The van der Waals surface area contributed by atoms with Gasteiger partial charge in [0.15, 0.2) is 11.6 Å². The maximum Gasteiger partial charge on any atom is 0.239 e. The fourth-order valence-electron chi connectivity index (χ4n) is 3.76. The van der Waals surface area contributed by atoms with Gasteiger partial charge in [0.25, 0.3) is 0 Å². The number of halogens is 1. The van der Waals surface area contributed by atoms with Crippen molar-refractivity contribution in [2.45, 2.75) is 57.7 Å². The standard InChI is InChI=1S/C25H33FN4O4/c1-2-17-9-19(13-27-12-17)14-28-15-22(31)21-11-18-6-7-23(20(26)10-18)34-8-4-3-5-24(32)29-16-25(33)30-21/h6-7,9-10,12-13,21-22,28,31H,2-5,8,11,14-16H2,1H3,(H,29,32)(H,30,33). The maximum absolute atomic E-state index is 14.5. The first-order valence-corrected chi connectivity index (χ1v) is 11.7. The van der Waals surface area contributed by atoms with Crippen molar-refractivity contribution in [1.29, 1.82) is 0 Å². The van der Waals surface area contributed by atoms with Crippen LogP contribution < -0.4 is 20.7 Å². The van der Waals surface area contributed by atoms with Gasteiger partial charge in [0, 0.05) is 31.9 Å². The largest absolute Gasteiger partial charge is 0.491 e. The van der Waals surface area contributed by atoms with Crippen LogP contribution in [0.25, 0.3) is 0 Å². The van der Waals surface area contributed by atoms with Gasteiger partial charge in [-0.05, 0) is 54.5 Å². The van der Waals surface area contributed by atoms with E-state index in [-0.39, 0.29) is 37.6 Å². The van der Waals surface area contributed by atoms with E-state index in [2.05, 4.69) is 33.9 Å². The summed E-state index contributed by atoms with van der Waals surface area (Å²) in [6.07, 6.45) is 5.16. The van der Waals surface area contributed by atoms with Crippen LogP contribution >= 0.6 is 0 Å². The Hall–Kier alpha value is -3.04. The van der Waals surface area contributed by atoms with Crippen molar-refractivity contribution >= 4 is 11.8 Å². The number of amides is 2. The third kappa shape index (κ3) is 8.07. The van der Waals surface area contributed by atoms with Crippen LogP contribution in [0.3, 0.4) is 0 Å². The Balaban J connectivity index is 1.68. The lowest BCUT2D eigenvalue weighted by atomic mass is 10.0. The summed E-state index contributed by atoms with van der Waals surface area (Å²) >= 11 is 0. The van der Waals surface area contributed by atoms with Gasteiger partial charge in [0.2, 0.25) is 11.8 Å². The van der Waals surface area contributed by atoms with Gasteiger partial charge in [0.05, 0.1) is 25.3 Å². The molecule has 8 nitrogen and oxygen atoms in total. The fraction of sp³-hybridized carbons (Fsp3) is 0.480. The zero-order chi connectivity index (χ0) is 24.3. The number of aliphatic hydroxyl groups excluding tert-OH is 1. The van der Waals surface area contributed by atoms with E-state index in [1.807, 2.05) is 6.20 Å². The number of nitrogens with zero attached hydrogens (tertiary/aromatic N) is 1. The number of pyridine rings is 1. The van der Waals surface area contributed by atoms with Gasteiger partial charge < -0.3 is 25.8 Å². The highest BCUT2D eigenvalue weighted by atomic mass is 19.1. The van der Waals surface area contributed by atoms with E-state index in [0.717, 1.165) is 17.5 Å². The molecule has 0 aliphatic carbocycles. The predicted molar refractivity (Wildman–Crippen MR) is 126 cm³/mol. The third-order valence-electron chi connectivity index (χ3n) is 5.71. The lowest BCUT2D eigenvalue weighted by molar-refractivity contribution is -0.126. The number of benzene rings is 1. The Morgan fingerprint density at radius 3 is 2.82 bits per heavy atom. The molecule has 34 heavy (non-hydrogen) atoms. The number of nitrogens with one attached hydrogen (secondary N) is 3. The molecule has 0 fully saturated rings. The molecular formula is C25H33FN4O4. The topological polar surface area (TPSA) is 113 Å². The molecule has 2 amide bonds. The number of aromatic nitrogens is 1. The average Bonchev–Trinajstić information content (AvgIpc) is 2.82. The van der Waals surface area contributed by atoms with E-state index in [9.17, 15) is 19.1 Å². The number of hydrogen-bond acceptors (Lipinski definition) is 6. The molecule has 0 saturated heterocycles. The quantitative estimate of drug-likeness (QED) is 0.509. The van der Waals surface area contributed by atoms with E-state index in [1.54, 1.807) is 18.3 Å². The second-order valence-electron chi connectivity index (χ2n) is 8.48. The molecule has 2 bridgehead atoms. The van der Waals surface area contributed by atoms with Crippen molar-refractivity contribution < 1.29 is 23.8 Å². The Bertz CT molecular complexity index is 972. The van der Waals surface area contributed by atoms with E-state index in [4.69, 9.17) is 4.74 Å². The number of aryl methyl sites for hydroxylation is 1. The highest BCUT2D eigenvalue weighted by molar-refractivity contribution is 5.84.